The molecule has 1 saturated carbocycles. The van der Waals surface area contributed by atoms with Gasteiger partial charge in [-0.05, 0) is 30.4 Å². The Morgan fingerprint density at radius 3 is 3.00 bits per heavy atom. The van der Waals surface area contributed by atoms with Gasteiger partial charge in [0, 0.05) is 5.92 Å². The predicted octanol–water partition coefficient (Wildman–Crippen LogP) is 1.64. The number of aryl methyl sites for hydroxylation is 1. The summed E-state index contributed by atoms with van der Waals surface area (Å²) in [6.07, 6.45) is 2.19. The van der Waals surface area contributed by atoms with Crippen molar-refractivity contribution < 1.29 is 14.6 Å². The number of carbonyl (C=O) groups excluding carboxylic acids is 1. The van der Waals surface area contributed by atoms with Crippen LogP contribution in [0.5, 0.6) is 0 Å². The monoisotopic (exact) mass is 232 g/mol. The van der Waals surface area contributed by atoms with Gasteiger partial charge in [-0.15, -0.1) is 0 Å². The lowest BCUT2D eigenvalue weighted by atomic mass is 9.53. The van der Waals surface area contributed by atoms with Crippen molar-refractivity contribution in [1.29, 1.82) is 0 Å². The molecule has 0 amide bonds. The maximum absolute atomic E-state index is 11.7. The molecular formula is C14H16O3. The van der Waals surface area contributed by atoms with Crippen LogP contribution in [0.4, 0.5) is 0 Å². The van der Waals surface area contributed by atoms with Crippen molar-refractivity contribution in [3.63, 3.8) is 0 Å². The lowest BCUT2D eigenvalue weighted by molar-refractivity contribution is -0.170. The van der Waals surface area contributed by atoms with Crippen LogP contribution in [0.15, 0.2) is 24.3 Å². The topological polar surface area (TPSA) is 46.5 Å². The van der Waals surface area contributed by atoms with Crippen LogP contribution in [-0.2, 0) is 16.0 Å². The molecule has 1 unspecified atom stereocenters. The first-order chi connectivity index (χ1) is 8.15. The molecule has 1 N–H and O–H groups in total. The summed E-state index contributed by atoms with van der Waals surface area (Å²) in [5.74, 6) is -0.442. The van der Waals surface area contributed by atoms with E-state index in [2.05, 4.69) is 6.07 Å². The Morgan fingerprint density at radius 1 is 1.47 bits per heavy atom. The van der Waals surface area contributed by atoms with E-state index in [1.165, 1.54) is 12.7 Å². The van der Waals surface area contributed by atoms with E-state index < -0.39 is 5.60 Å². The van der Waals surface area contributed by atoms with E-state index in [0.29, 0.717) is 6.42 Å². The van der Waals surface area contributed by atoms with Crippen LogP contribution in [0, 0.1) is 5.92 Å². The van der Waals surface area contributed by atoms with E-state index in [0.717, 1.165) is 18.4 Å². The predicted molar refractivity (Wildman–Crippen MR) is 62.6 cm³/mol. The largest absolute Gasteiger partial charge is 0.469 e. The molecule has 0 bridgehead atoms. The highest BCUT2D eigenvalue weighted by Gasteiger charge is 2.58. The Kier molecular flexibility index (Phi) is 2.26. The highest BCUT2D eigenvalue weighted by molar-refractivity contribution is 5.76. The summed E-state index contributed by atoms with van der Waals surface area (Å²) in [5.41, 5.74) is 1.70. The molecule has 3 atom stereocenters. The van der Waals surface area contributed by atoms with Crippen molar-refractivity contribution in [1.82, 2.24) is 0 Å². The molecule has 90 valence electrons. The summed E-state index contributed by atoms with van der Waals surface area (Å²) < 4.78 is 4.81. The molecule has 1 aromatic rings. The van der Waals surface area contributed by atoms with Crippen molar-refractivity contribution in [2.24, 2.45) is 5.92 Å². The minimum absolute atomic E-state index is 0.0695. The molecule has 17 heavy (non-hydrogen) atoms. The van der Waals surface area contributed by atoms with Crippen molar-refractivity contribution in [2.75, 3.05) is 7.11 Å². The fraction of sp³-hybridized carbons (Fsp3) is 0.500. The number of methoxy groups -OCH3 is 1. The number of carbonyl (C=O) groups is 1. The summed E-state index contributed by atoms with van der Waals surface area (Å²) >= 11 is 0. The third-order valence-electron chi connectivity index (χ3n) is 4.28. The molecule has 3 heteroatoms. The number of fused-ring (bicyclic) bond motifs is 3. The molecule has 1 fully saturated rings. The zero-order valence-corrected chi connectivity index (χ0v) is 9.85. The standard InChI is InChI=1S/C14H16O3/c1-17-13(15)11-8-14(16)7-6-9-4-2-3-5-10(9)12(11)14/h2-5,11-12,16H,6-8H2,1H3/t11-,12?,14-/m1/s1. The van der Waals surface area contributed by atoms with Crippen molar-refractivity contribution in [3.8, 4) is 0 Å². The van der Waals surface area contributed by atoms with E-state index in [1.54, 1.807) is 0 Å². The van der Waals surface area contributed by atoms with Crippen molar-refractivity contribution >= 4 is 5.97 Å². The summed E-state index contributed by atoms with van der Waals surface area (Å²) in [4.78, 5) is 11.7. The second-order valence-electron chi connectivity index (χ2n) is 5.11. The highest BCUT2D eigenvalue weighted by Crippen LogP contribution is 2.56. The van der Waals surface area contributed by atoms with Crippen LogP contribution >= 0.6 is 0 Å². The zero-order valence-electron chi connectivity index (χ0n) is 9.85. The van der Waals surface area contributed by atoms with Gasteiger partial charge in [0.05, 0.1) is 18.6 Å². The molecule has 2 aliphatic carbocycles. The van der Waals surface area contributed by atoms with Gasteiger partial charge < -0.3 is 9.84 Å². The van der Waals surface area contributed by atoms with Gasteiger partial charge in [-0.3, -0.25) is 4.79 Å². The SMILES string of the molecule is COC(=O)[C@@H]1C[C@]2(O)CCc3ccccc3C12. The quantitative estimate of drug-likeness (QED) is 0.749. The Morgan fingerprint density at radius 2 is 2.24 bits per heavy atom. The molecule has 3 nitrogen and oxygen atoms in total. The average molecular weight is 232 g/mol. The van der Waals surface area contributed by atoms with Crippen LogP contribution in [0.1, 0.15) is 29.9 Å². The number of ether oxygens (including phenoxy) is 1. The molecule has 1 aromatic carbocycles. The fourth-order valence-corrected chi connectivity index (χ4v) is 3.39. The van der Waals surface area contributed by atoms with E-state index in [-0.39, 0.29) is 17.8 Å². The number of hydrogen-bond acceptors (Lipinski definition) is 3. The van der Waals surface area contributed by atoms with Gasteiger partial charge in [0.1, 0.15) is 0 Å². The van der Waals surface area contributed by atoms with Gasteiger partial charge in [-0.25, -0.2) is 0 Å². The lowest BCUT2D eigenvalue weighted by Gasteiger charge is -2.53. The Balaban J connectivity index is 2.00. The van der Waals surface area contributed by atoms with Crippen molar-refractivity contribution in [3.05, 3.63) is 35.4 Å². The highest BCUT2D eigenvalue weighted by atomic mass is 16.5. The average Bonchev–Trinajstić information content (AvgIpc) is 2.33. The molecular weight excluding hydrogens is 216 g/mol. The molecule has 0 aliphatic heterocycles. The molecule has 0 spiro atoms. The van der Waals surface area contributed by atoms with E-state index in [9.17, 15) is 9.90 Å². The van der Waals surface area contributed by atoms with Crippen LogP contribution in [0.3, 0.4) is 0 Å². The third kappa shape index (κ3) is 1.42. The van der Waals surface area contributed by atoms with Crippen LogP contribution in [-0.4, -0.2) is 23.8 Å². The summed E-state index contributed by atoms with van der Waals surface area (Å²) in [6.45, 7) is 0. The Bertz CT molecular complexity index is 468. The first kappa shape index (κ1) is 10.8. The summed E-state index contributed by atoms with van der Waals surface area (Å²) in [7, 11) is 1.41. The molecule has 2 aliphatic rings. The molecule has 0 heterocycles. The normalized spacial score (nSPS) is 34.2. The van der Waals surface area contributed by atoms with Gasteiger partial charge in [0.25, 0.3) is 0 Å². The van der Waals surface area contributed by atoms with E-state index in [4.69, 9.17) is 4.74 Å². The second kappa shape index (κ2) is 3.57. The number of rotatable bonds is 1. The number of esters is 1. The summed E-state index contributed by atoms with van der Waals surface area (Å²) in [6, 6.07) is 8.09. The van der Waals surface area contributed by atoms with E-state index >= 15 is 0 Å². The van der Waals surface area contributed by atoms with E-state index in [1.807, 2.05) is 18.2 Å². The molecule has 3 rings (SSSR count). The van der Waals surface area contributed by atoms with Gasteiger partial charge in [0.15, 0.2) is 0 Å². The maximum atomic E-state index is 11.7. The van der Waals surface area contributed by atoms with Crippen LogP contribution in [0.2, 0.25) is 0 Å². The van der Waals surface area contributed by atoms with Gasteiger partial charge in [0.2, 0.25) is 0 Å². The van der Waals surface area contributed by atoms with Gasteiger partial charge >= 0.3 is 5.97 Å². The van der Waals surface area contributed by atoms with Gasteiger partial charge in [-0.1, -0.05) is 24.3 Å². The first-order valence-corrected chi connectivity index (χ1v) is 6.04. The number of hydrogen-bond donors (Lipinski definition) is 1. The Hall–Kier alpha value is -1.35. The fourth-order valence-electron chi connectivity index (χ4n) is 3.39. The second-order valence-corrected chi connectivity index (χ2v) is 5.11. The Labute approximate surface area is 100 Å². The maximum Gasteiger partial charge on any atom is 0.309 e. The zero-order chi connectivity index (χ0) is 12.0. The van der Waals surface area contributed by atoms with Gasteiger partial charge in [-0.2, -0.15) is 0 Å². The number of aliphatic hydroxyl groups is 1. The molecule has 0 aromatic heterocycles. The smallest absolute Gasteiger partial charge is 0.309 e. The van der Waals surface area contributed by atoms with Crippen LogP contribution < -0.4 is 0 Å². The summed E-state index contributed by atoms with van der Waals surface area (Å²) in [5, 5.41) is 10.5. The third-order valence-corrected chi connectivity index (χ3v) is 4.28. The minimum atomic E-state index is -0.687. The first-order valence-electron chi connectivity index (χ1n) is 6.04. The lowest BCUT2D eigenvalue weighted by Crippen LogP contribution is -2.57. The minimum Gasteiger partial charge on any atom is -0.469 e. The molecule has 0 radical (unpaired) electrons. The van der Waals surface area contributed by atoms with Crippen molar-refractivity contribution in [2.45, 2.75) is 30.8 Å². The number of benzene rings is 1. The van der Waals surface area contributed by atoms with Crippen LogP contribution in [0.25, 0.3) is 0 Å². The molecule has 0 saturated heterocycles.